The molecule has 2 atom stereocenters. The number of hydrogen-bond donors (Lipinski definition) is 1. The average molecular weight is 233 g/mol. The molecule has 1 aromatic carbocycles. The van der Waals surface area contributed by atoms with Crippen molar-refractivity contribution in [1.29, 1.82) is 0 Å². The first kappa shape index (κ1) is 14.2. The number of hydrogen-bond acceptors (Lipinski definition) is 1. The van der Waals surface area contributed by atoms with Crippen LogP contribution in [0.25, 0.3) is 0 Å². The Bertz CT molecular complexity index is 328. The Balaban J connectivity index is 2.87. The SMILES string of the molecule is CCC(NC)C(C)c1ccc(C(C)(C)C)cc1. The largest absolute Gasteiger partial charge is 0.316 e. The molecule has 0 aliphatic carbocycles. The molecule has 1 N–H and O–H groups in total. The lowest BCUT2D eigenvalue weighted by molar-refractivity contribution is 0.472. The first-order valence-corrected chi connectivity index (χ1v) is 6.67. The molecule has 0 saturated carbocycles. The first-order chi connectivity index (χ1) is 7.90. The highest BCUT2D eigenvalue weighted by Crippen LogP contribution is 2.26. The van der Waals surface area contributed by atoms with Crippen molar-refractivity contribution >= 4 is 0 Å². The Kier molecular flexibility index (Phi) is 4.76. The normalized spacial score (nSPS) is 15.6. The van der Waals surface area contributed by atoms with Gasteiger partial charge in [-0.1, -0.05) is 58.9 Å². The molecule has 0 aliphatic rings. The van der Waals surface area contributed by atoms with Crippen LogP contribution in [0.3, 0.4) is 0 Å². The minimum atomic E-state index is 0.245. The van der Waals surface area contributed by atoms with E-state index < -0.39 is 0 Å². The smallest absolute Gasteiger partial charge is 0.0127 e. The summed E-state index contributed by atoms with van der Waals surface area (Å²) >= 11 is 0. The van der Waals surface area contributed by atoms with Crippen molar-refractivity contribution in [3.05, 3.63) is 35.4 Å². The third-order valence-corrected chi connectivity index (χ3v) is 3.72. The van der Waals surface area contributed by atoms with Crippen LogP contribution in [0.5, 0.6) is 0 Å². The summed E-state index contributed by atoms with van der Waals surface area (Å²) in [5.74, 6) is 0.569. The molecule has 0 heterocycles. The van der Waals surface area contributed by atoms with Gasteiger partial charge in [-0.2, -0.15) is 0 Å². The van der Waals surface area contributed by atoms with Gasteiger partial charge >= 0.3 is 0 Å². The van der Waals surface area contributed by atoms with Crippen LogP contribution in [0, 0.1) is 0 Å². The maximum Gasteiger partial charge on any atom is 0.0127 e. The van der Waals surface area contributed by atoms with Crippen molar-refractivity contribution in [3.63, 3.8) is 0 Å². The fourth-order valence-corrected chi connectivity index (χ4v) is 2.33. The second kappa shape index (κ2) is 5.68. The molecule has 1 rings (SSSR count). The van der Waals surface area contributed by atoms with E-state index in [-0.39, 0.29) is 5.41 Å². The zero-order valence-electron chi connectivity index (χ0n) is 12.2. The first-order valence-electron chi connectivity index (χ1n) is 6.67. The van der Waals surface area contributed by atoms with E-state index in [1.54, 1.807) is 0 Å². The van der Waals surface area contributed by atoms with E-state index in [4.69, 9.17) is 0 Å². The van der Waals surface area contributed by atoms with Gasteiger partial charge in [0.25, 0.3) is 0 Å². The molecular formula is C16H27N. The van der Waals surface area contributed by atoms with Crippen molar-refractivity contribution in [2.75, 3.05) is 7.05 Å². The summed E-state index contributed by atoms with van der Waals surface area (Å²) < 4.78 is 0. The van der Waals surface area contributed by atoms with E-state index in [1.807, 2.05) is 7.05 Å². The minimum absolute atomic E-state index is 0.245. The van der Waals surface area contributed by atoms with Gasteiger partial charge in [-0.3, -0.25) is 0 Å². The Morgan fingerprint density at radius 3 is 2.00 bits per heavy atom. The second-order valence-corrected chi connectivity index (χ2v) is 5.96. The zero-order valence-corrected chi connectivity index (χ0v) is 12.2. The Hall–Kier alpha value is -0.820. The standard InChI is InChI=1S/C16H27N/c1-7-15(17-6)12(2)13-8-10-14(11-9-13)16(3,4)5/h8-12,15,17H,7H2,1-6H3. The molecule has 96 valence electrons. The molecule has 0 fully saturated rings. The van der Waals surface area contributed by atoms with Crippen LogP contribution in [0.4, 0.5) is 0 Å². The molecule has 0 saturated heterocycles. The van der Waals surface area contributed by atoms with E-state index in [9.17, 15) is 0 Å². The molecule has 0 bridgehead atoms. The number of nitrogens with one attached hydrogen (secondary N) is 1. The predicted molar refractivity (Wildman–Crippen MR) is 76.7 cm³/mol. The van der Waals surface area contributed by atoms with Crippen molar-refractivity contribution in [1.82, 2.24) is 5.32 Å². The van der Waals surface area contributed by atoms with Crippen LogP contribution in [-0.2, 0) is 5.41 Å². The molecule has 0 amide bonds. The van der Waals surface area contributed by atoms with Gasteiger partial charge in [-0.15, -0.1) is 0 Å². The van der Waals surface area contributed by atoms with Crippen molar-refractivity contribution in [3.8, 4) is 0 Å². The lowest BCUT2D eigenvalue weighted by Gasteiger charge is -2.24. The van der Waals surface area contributed by atoms with Gasteiger partial charge in [0, 0.05) is 6.04 Å². The highest BCUT2D eigenvalue weighted by molar-refractivity contribution is 5.29. The minimum Gasteiger partial charge on any atom is -0.316 e. The monoisotopic (exact) mass is 233 g/mol. The Morgan fingerprint density at radius 2 is 1.65 bits per heavy atom. The van der Waals surface area contributed by atoms with E-state index in [1.165, 1.54) is 17.5 Å². The van der Waals surface area contributed by atoms with E-state index in [0.717, 1.165) is 0 Å². The Morgan fingerprint density at radius 1 is 1.12 bits per heavy atom. The van der Waals surface area contributed by atoms with Crippen LogP contribution in [0.15, 0.2) is 24.3 Å². The third-order valence-electron chi connectivity index (χ3n) is 3.72. The fraction of sp³-hybridized carbons (Fsp3) is 0.625. The topological polar surface area (TPSA) is 12.0 Å². The van der Waals surface area contributed by atoms with Gasteiger partial charge in [-0.05, 0) is 35.9 Å². The summed E-state index contributed by atoms with van der Waals surface area (Å²) in [6, 6.07) is 9.68. The summed E-state index contributed by atoms with van der Waals surface area (Å²) in [6.07, 6.45) is 1.17. The van der Waals surface area contributed by atoms with Gasteiger partial charge in [0.15, 0.2) is 0 Å². The summed E-state index contributed by atoms with van der Waals surface area (Å²) in [5, 5.41) is 3.39. The van der Waals surface area contributed by atoms with E-state index >= 15 is 0 Å². The van der Waals surface area contributed by atoms with Crippen LogP contribution in [-0.4, -0.2) is 13.1 Å². The van der Waals surface area contributed by atoms with Crippen LogP contribution < -0.4 is 5.32 Å². The fourth-order valence-electron chi connectivity index (χ4n) is 2.33. The second-order valence-electron chi connectivity index (χ2n) is 5.96. The van der Waals surface area contributed by atoms with Crippen molar-refractivity contribution < 1.29 is 0 Å². The number of likely N-dealkylation sites (N-methyl/N-ethyl adjacent to an activating group) is 1. The maximum absolute atomic E-state index is 3.39. The zero-order chi connectivity index (χ0) is 13.1. The number of benzene rings is 1. The molecule has 0 aromatic heterocycles. The molecule has 0 radical (unpaired) electrons. The van der Waals surface area contributed by atoms with Crippen LogP contribution in [0.1, 0.15) is 58.1 Å². The highest BCUT2D eigenvalue weighted by Gasteiger charge is 2.17. The van der Waals surface area contributed by atoms with Crippen molar-refractivity contribution in [2.45, 2.75) is 58.4 Å². The molecule has 0 aliphatic heterocycles. The molecular weight excluding hydrogens is 206 g/mol. The van der Waals surface area contributed by atoms with Gasteiger partial charge in [0.05, 0.1) is 0 Å². The molecule has 1 heteroatoms. The third kappa shape index (κ3) is 3.57. The molecule has 0 spiro atoms. The van der Waals surface area contributed by atoms with Crippen molar-refractivity contribution in [2.24, 2.45) is 0 Å². The average Bonchev–Trinajstić information content (AvgIpc) is 2.29. The van der Waals surface area contributed by atoms with E-state index in [0.29, 0.717) is 12.0 Å². The predicted octanol–water partition coefficient (Wildman–Crippen LogP) is 4.09. The molecule has 17 heavy (non-hydrogen) atoms. The van der Waals surface area contributed by atoms with Gasteiger partial charge in [-0.25, -0.2) is 0 Å². The number of rotatable bonds is 4. The lowest BCUT2D eigenvalue weighted by atomic mass is 9.84. The van der Waals surface area contributed by atoms with Crippen LogP contribution in [0.2, 0.25) is 0 Å². The lowest BCUT2D eigenvalue weighted by Crippen LogP contribution is -2.29. The molecule has 2 unspecified atom stereocenters. The highest BCUT2D eigenvalue weighted by atomic mass is 14.9. The summed E-state index contributed by atoms with van der Waals surface area (Å²) in [5.41, 5.74) is 3.08. The van der Waals surface area contributed by atoms with Gasteiger partial charge < -0.3 is 5.32 Å². The Labute approximate surface area is 107 Å². The van der Waals surface area contributed by atoms with Gasteiger partial charge in [0.1, 0.15) is 0 Å². The summed E-state index contributed by atoms with van der Waals surface area (Å²) in [4.78, 5) is 0. The summed E-state index contributed by atoms with van der Waals surface area (Å²) in [6.45, 7) is 11.3. The molecule has 1 nitrogen and oxygen atoms in total. The maximum atomic E-state index is 3.39. The quantitative estimate of drug-likeness (QED) is 0.826. The molecule has 1 aromatic rings. The van der Waals surface area contributed by atoms with E-state index in [2.05, 4.69) is 64.2 Å². The van der Waals surface area contributed by atoms with Gasteiger partial charge in [0.2, 0.25) is 0 Å². The van der Waals surface area contributed by atoms with Crippen LogP contribution >= 0.6 is 0 Å². The summed E-state index contributed by atoms with van der Waals surface area (Å²) in [7, 11) is 2.05.